The minimum atomic E-state index is -0.514. The van der Waals surface area contributed by atoms with Gasteiger partial charge in [0.2, 0.25) is 5.13 Å². The van der Waals surface area contributed by atoms with Crippen LogP contribution in [0.25, 0.3) is 0 Å². The molecule has 8 heteroatoms. The van der Waals surface area contributed by atoms with Crippen LogP contribution >= 0.6 is 11.3 Å². The van der Waals surface area contributed by atoms with E-state index in [1.807, 2.05) is 32.9 Å². The van der Waals surface area contributed by atoms with Crippen molar-refractivity contribution in [2.24, 2.45) is 5.92 Å². The Morgan fingerprint density at radius 2 is 1.94 bits per heavy atom. The maximum absolute atomic E-state index is 12.8. The van der Waals surface area contributed by atoms with E-state index in [4.69, 9.17) is 4.74 Å². The van der Waals surface area contributed by atoms with Crippen molar-refractivity contribution < 1.29 is 14.3 Å². The van der Waals surface area contributed by atoms with E-state index in [9.17, 15) is 9.59 Å². The average molecular weight is 457 g/mol. The number of fused-ring (bicyclic) bond motifs is 1. The van der Waals surface area contributed by atoms with Crippen LogP contribution in [0.1, 0.15) is 79.4 Å². The molecule has 7 nitrogen and oxygen atoms in total. The minimum Gasteiger partial charge on any atom is -0.444 e. The first-order chi connectivity index (χ1) is 15.3. The number of aromatic nitrogens is 2. The van der Waals surface area contributed by atoms with Crippen LogP contribution in [0.5, 0.6) is 0 Å². The Labute approximate surface area is 193 Å². The van der Waals surface area contributed by atoms with Gasteiger partial charge in [-0.15, -0.1) is 10.2 Å². The van der Waals surface area contributed by atoms with E-state index >= 15 is 0 Å². The highest BCUT2D eigenvalue weighted by molar-refractivity contribution is 7.15. The Bertz CT molecular complexity index is 976. The number of ether oxygens (including phenoxy) is 1. The SMILES string of the molecule is CC(C)(C)OC(=O)N1CCc2cc(C(=O)Nc3nnc(CC4CCCCC4)s3)ccc2C1. The highest BCUT2D eigenvalue weighted by atomic mass is 32.1. The third-order valence-electron chi connectivity index (χ3n) is 6.01. The normalized spacial score (nSPS) is 17.0. The monoisotopic (exact) mass is 456 g/mol. The van der Waals surface area contributed by atoms with Crippen LogP contribution in [0.2, 0.25) is 0 Å². The van der Waals surface area contributed by atoms with Gasteiger partial charge < -0.3 is 9.64 Å². The van der Waals surface area contributed by atoms with Crippen LogP contribution in [0, 0.1) is 5.92 Å². The van der Waals surface area contributed by atoms with Crippen LogP contribution in [0.4, 0.5) is 9.93 Å². The number of rotatable bonds is 4. The third kappa shape index (κ3) is 5.85. The number of nitrogens with one attached hydrogen (secondary N) is 1. The molecule has 1 saturated carbocycles. The van der Waals surface area contributed by atoms with E-state index < -0.39 is 5.60 Å². The summed E-state index contributed by atoms with van der Waals surface area (Å²) >= 11 is 1.47. The summed E-state index contributed by atoms with van der Waals surface area (Å²) in [6.07, 6.45) is 7.84. The van der Waals surface area contributed by atoms with Crippen molar-refractivity contribution in [3.05, 3.63) is 39.9 Å². The number of hydrogen-bond acceptors (Lipinski definition) is 6. The highest BCUT2D eigenvalue weighted by Gasteiger charge is 2.26. The van der Waals surface area contributed by atoms with E-state index in [0.717, 1.165) is 22.6 Å². The largest absolute Gasteiger partial charge is 0.444 e. The van der Waals surface area contributed by atoms with Gasteiger partial charge in [0.25, 0.3) is 5.91 Å². The van der Waals surface area contributed by atoms with Gasteiger partial charge in [0, 0.05) is 25.1 Å². The molecule has 2 amide bonds. The Morgan fingerprint density at radius 3 is 2.69 bits per heavy atom. The molecule has 1 aromatic heterocycles. The van der Waals surface area contributed by atoms with Gasteiger partial charge >= 0.3 is 6.09 Å². The van der Waals surface area contributed by atoms with Crippen molar-refractivity contribution >= 4 is 28.5 Å². The van der Waals surface area contributed by atoms with Gasteiger partial charge in [0.15, 0.2) is 0 Å². The highest BCUT2D eigenvalue weighted by Crippen LogP contribution is 2.29. The molecule has 1 N–H and O–H groups in total. The fourth-order valence-electron chi connectivity index (χ4n) is 4.37. The van der Waals surface area contributed by atoms with E-state index in [0.29, 0.717) is 36.1 Å². The minimum absolute atomic E-state index is 0.178. The summed E-state index contributed by atoms with van der Waals surface area (Å²) in [6, 6.07) is 5.65. The first-order valence-corrected chi connectivity index (χ1v) is 12.3. The Kier molecular flexibility index (Phi) is 6.79. The Hall–Kier alpha value is -2.48. The predicted octanol–water partition coefficient (Wildman–Crippen LogP) is 5.21. The molecule has 0 atom stereocenters. The zero-order valence-corrected chi connectivity index (χ0v) is 20.0. The molecular weight excluding hydrogens is 424 g/mol. The second kappa shape index (κ2) is 9.57. The van der Waals surface area contributed by atoms with Crippen molar-refractivity contribution in [2.75, 3.05) is 11.9 Å². The van der Waals surface area contributed by atoms with E-state index in [-0.39, 0.29) is 12.0 Å². The predicted molar refractivity (Wildman–Crippen MR) is 125 cm³/mol. The molecule has 1 aliphatic heterocycles. The number of carbonyl (C=O) groups is 2. The number of carbonyl (C=O) groups excluding carboxylic acids is 2. The summed E-state index contributed by atoms with van der Waals surface area (Å²) in [4.78, 5) is 26.8. The van der Waals surface area contributed by atoms with Gasteiger partial charge in [0.05, 0.1) is 0 Å². The summed E-state index contributed by atoms with van der Waals surface area (Å²) in [5.41, 5.74) is 2.22. The average Bonchev–Trinajstić information content (AvgIpc) is 3.19. The van der Waals surface area contributed by atoms with E-state index in [1.165, 1.54) is 43.4 Å². The van der Waals surface area contributed by atoms with Crippen molar-refractivity contribution in [1.29, 1.82) is 0 Å². The summed E-state index contributed by atoms with van der Waals surface area (Å²) in [7, 11) is 0. The topological polar surface area (TPSA) is 84.4 Å². The van der Waals surface area contributed by atoms with Gasteiger partial charge in [-0.1, -0.05) is 49.5 Å². The molecule has 2 heterocycles. The maximum atomic E-state index is 12.8. The molecule has 1 aromatic carbocycles. The quantitative estimate of drug-likeness (QED) is 0.683. The van der Waals surface area contributed by atoms with Crippen LogP contribution in [0.3, 0.4) is 0 Å². The van der Waals surface area contributed by atoms with Crippen molar-refractivity contribution in [2.45, 2.75) is 77.9 Å². The van der Waals surface area contributed by atoms with Crippen LogP contribution in [-0.4, -0.2) is 39.2 Å². The molecule has 0 saturated heterocycles. The smallest absolute Gasteiger partial charge is 0.410 e. The van der Waals surface area contributed by atoms with Gasteiger partial charge in [-0.2, -0.15) is 0 Å². The molecule has 0 radical (unpaired) electrons. The maximum Gasteiger partial charge on any atom is 0.410 e. The second-order valence-corrected chi connectivity index (χ2v) is 10.9. The lowest BCUT2D eigenvalue weighted by Crippen LogP contribution is -2.39. The number of hydrogen-bond donors (Lipinski definition) is 1. The molecule has 1 fully saturated rings. The summed E-state index contributed by atoms with van der Waals surface area (Å²) in [6.45, 7) is 6.67. The number of anilines is 1. The molecule has 4 rings (SSSR count). The molecule has 172 valence electrons. The van der Waals surface area contributed by atoms with Crippen LogP contribution in [0.15, 0.2) is 18.2 Å². The van der Waals surface area contributed by atoms with Crippen molar-refractivity contribution in [3.8, 4) is 0 Å². The van der Waals surface area contributed by atoms with E-state index in [1.54, 1.807) is 11.0 Å². The molecule has 1 aliphatic carbocycles. The fraction of sp³-hybridized carbons (Fsp3) is 0.583. The van der Waals surface area contributed by atoms with Crippen LogP contribution < -0.4 is 5.32 Å². The molecule has 32 heavy (non-hydrogen) atoms. The number of nitrogens with zero attached hydrogens (tertiary/aromatic N) is 3. The summed E-state index contributed by atoms with van der Waals surface area (Å²) < 4.78 is 5.48. The molecule has 0 spiro atoms. The number of benzene rings is 1. The van der Waals surface area contributed by atoms with Crippen LogP contribution in [-0.2, 0) is 24.1 Å². The molecule has 0 unspecified atom stereocenters. The molecular formula is C24H32N4O3S. The Morgan fingerprint density at radius 1 is 1.16 bits per heavy atom. The van der Waals surface area contributed by atoms with Crippen molar-refractivity contribution in [1.82, 2.24) is 15.1 Å². The Balaban J connectivity index is 1.35. The fourth-order valence-corrected chi connectivity index (χ4v) is 5.22. The molecule has 0 bridgehead atoms. The summed E-state index contributed by atoms with van der Waals surface area (Å²) in [5, 5.41) is 12.9. The molecule has 2 aromatic rings. The van der Waals surface area contributed by atoms with E-state index in [2.05, 4.69) is 15.5 Å². The third-order valence-corrected chi connectivity index (χ3v) is 6.87. The lowest BCUT2D eigenvalue weighted by Gasteiger charge is -2.31. The van der Waals surface area contributed by atoms with Gasteiger partial charge in [-0.3, -0.25) is 10.1 Å². The van der Waals surface area contributed by atoms with Crippen molar-refractivity contribution in [3.63, 3.8) is 0 Å². The standard InChI is InChI=1S/C24H32N4O3S/c1-24(2,3)31-23(30)28-12-11-17-14-18(9-10-19(17)15-28)21(29)25-22-27-26-20(32-22)13-16-7-5-4-6-8-16/h9-10,14,16H,4-8,11-13,15H2,1-3H3,(H,25,27,29). The number of amides is 2. The van der Waals surface area contributed by atoms with Gasteiger partial charge in [0.1, 0.15) is 10.6 Å². The second-order valence-electron chi connectivity index (χ2n) is 9.80. The zero-order chi connectivity index (χ0) is 22.7. The first kappa shape index (κ1) is 22.7. The lowest BCUT2D eigenvalue weighted by atomic mass is 9.87. The zero-order valence-electron chi connectivity index (χ0n) is 19.1. The summed E-state index contributed by atoms with van der Waals surface area (Å²) in [5.74, 6) is 0.517. The van der Waals surface area contributed by atoms with Gasteiger partial charge in [-0.25, -0.2) is 4.79 Å². The molecule has 2 aliphatic rings. The first-order valence-electron chi connectivity index (χ1n) is 11.5. The van der Waals surface area contributed by atoms with Gasteiger partial charge in [-0.05, 0) is 56.4 Å². The lowest BCUT2D eigenvalue weighted by molar-refractivity contribution is 0.0224.